The number of aryl methyl sites for hydroxylation is 1. The molecule has 2 N–H and O–H groups in total. The molecule has 100 valence electrons. The molecule has 0 aliphatic rings. The van der Waals surface area contributed by atoms with Crippen molar-refractivity contribution < 1.29 is 19.4 Å². The number of carboxylic acid groups (broad SMARTS) is 1. The zero-order valence-corrected chi connectivity index (χ0v) is 11.5. The number of carbonyl (C=O) groups is 2. The number of ether oxygens (including phenoxy) is 1. The topological polar surface area (TPSA) is 75.6 Å². The molecule has 0 aliphatic heterocycles. The molecule has 6 heteroatoms. The van der Waals surface area contributed by atoms with Crippen LogP contribution in [0.3, 0.4) is 0 Å². The van der Waals surface area contributed by atoms with Gasteiger partial charge in [-0.1, -0.05) is 6.92 Å². The van der Waals surface area contributed by atoms with Crippen molar-refractivity contribution >= 4 is 23.2 Å². The molecular weight excluding hydrogens is 254 g/mol. The largest absolute Gasteiger partial charge is 0.479 e. The Morgan fingerprint density at radius 3 is 2.72 bits per heavy atom. The number of hydrogen-bond acceptors (Lipinski definition) is 4. The second-order valence-electron chi connectivity index (χ2n) is 4.15. The predicted molar refractivity (Wildman–Crippen MR) is 69.1 cm³/mol. The lowest BCUT2D eigenvalue weighted by atomic mass is 10.0. The number of nitrogens with one attached hydrogen (secondary N) is 1. The summed E-state index contributed by atoms with van der Waals surface area (Å²) in [6.07, 6.45) is 0.736. The maximum Gasteiger partial charge on any atom is 0.331 e. The standard InChI is InChI=1S/C12H17NO4S/c1-4-8-5-6-18-9(8)10(14)13-12(2,7-17-3)11(15)16/h5-6H,4,7H2,1-3H3,(H,13,14)(H,15,16). The molecule has 0 radical (unpaired) electrons. The van der Waals surface area contributed by atoms with Crippen molar-refractivity contribution in [1.29, 1.82) is 0 Å². The van der Waals surface area contributed by atoms with Crippen molar-refractivity contribution in [2.24, 2.45) is 0 Å². The van der Waals surface area contributed by atoms with Gasteiger partial charge in [-0.15, -0.1) is 11.3 Å². The smallest absolute Gasteiger partial charge is 0.331 e. The summed E-state index contributed by atoms with van der Waals surface area (Å²) in [5, 5.41) is 13.5. The fourth-order valence-electron chi connectivity index (χ4n) is 1.56. The van der Waals surface area contributed by atoms with Crippen LogP contribution in [-0.4, -0.2) is 36.2 Å². The van der Waals surface area contributed by atoms with Gasteiger partial charge in [0.1, 0.15) is 0 Å². The molecule has 1 aromatic rings. The van der Waals surface area contributed by atoms with Crippen LogP contribution in [0.25, 0.3) is 0 Å². The van der Waals surface area contributed by atoms with Gasteiger partial charge in [0.15, 0.2) is 5.54 Å². The van der Waals surface area contributed by atoms with E-state index in [1.54, 1.807) is 0 Å². The van der Waals surface area contributed by atoms with E-state index in [9.17, 15) is 9.59 Å². The van der Waals surface area contributed by atoms with Crippen LogP contribution in [-0.2, 0) is 16.0 Å². The van der Waals surface area contributed by atoms with Crippen molar-refractivity contribution in [3.63, 3.8) is 0 Å². The predicted octanol–water partition coefficient (Wildman–Crippen LogP) is 1.53. The Labute approximate surface area is 110 Å². The van der Waals surface area contributed by atoms with Crippen LogP contribution in [0, 0.1) is 0 Å². The van der Waals surface area contributed by atoms with E-state index in [4.69, 9.17) is 9.84 Å². The van der Waals surface area contributed by atoms with E-state index in [0.29, 0.717) is 4.88 Å². The van der Waals surface area contributed by atoms with Gasteiger partial charge in [-0.05, 0) is 30.4 Å². The molecule has 18 heavy (non-hydrogen) atoms. The number of aliphatic carboxylic acids is 1. The number of methoxy groups -OCH3 is 1. The fraction of sp³-hybridized carbons (Fsp3) is 0.500. The van der Waals surface area contributed by atoms with Gasteiger partial charge in [-0.2, -0.15) is 0 Å². The average molecular weight is 271 g/mol. The van der Waals surface area contributed by atoms with Crippen molar-refractivity contribution in [1.82, 2.24) is 5.32 Å². The van der Waals surface area contributed by atoms with Gasteiger partial charge in [0.2, 0.25) is 0 Å². The van der Waals surface area contributed by atoms with Gasteiger partial charge in [-0.25, -0.2) is 4.79 Å². The molecule has 5 nitrogen and oxygen atoms in total. The van der Waals surface area contributed by atoms with E-state index >= 15 is 0 Å². The van der Waals surface area contributed by atoms with Crippen molar-refractivity contribution in [3.05, 3.63) is 21.9 Å². The number of carbonyl (C=O) groups excluding carboxylic acids is 1. The van der Waals surface area contributed by atoms with Crippen molar-refractivity contribution in [2.45, 2.75) is 25.8 Å². The summed E-state index contributed by atoms with van der Waals surface area (Å²) in [6.45, 7) is 3.29. The first-order chi connectivity index (χ1) is 8.44. The summed E-state index contributed by atoms with van der Waals surface area (Å²) >= 11 is 1.31. The normalized spacial score (nSPS) is 13.9. The van der Waals surface area contributed by atoms with Gasteiger partial charge in [0.05, 0.1) is 11.5 Å². The highest BCUT2D eigenvalue weighted by molar-refractivity contribution is 7.12. The summed E-state index contributed by atoms with van der Waals surface area (Å²) in [5.41, 5.74) is -0.497. The molecule has 0 spiro atoms. The van der Waals surface area contributed by atoms with Gasteiger partial charge in [-0.3, -0.25) is 4.79 Å². The Morgan fingerprint density at radius 2 is 2.22 bits per heavy atom. The van der Waals surface area contributed by atoms with Gasteiger partial charge in [0.25, 0.3) is 5.91 Å². The van der Waals surface area contributed by atoms with Gasteiger partial charge in [0, 0.05) is 7.11 Å². The first kappa shape index (κ1) is 14.7. The Bertz CT molecular complexity index is 443. The summed E-state index contributed by atoms with van der Waals surface area (Å²) in [6, 6.07) is 1.87. The third kappa shape index (κ3) is 3.08. The Kier molecular flexibility index (Phi) is 4.86. The minimum absolute atomic E-state index is 0.0824. The minimum atomic E-state index is -1.42. The summed E-state index contributed by atoms with van der Waals surface area (Å²) in [7, 11) is 1.40. The third-order valence-corrected chi connectivity index (χ3v) is 3.58. The molecule has 0 bridgehead atoms. The second-order valence-corrected chi connectivity index (χ2v) is 5.07. The van der Waals surface area contributed by atoms with Crippen LogP contribution in [0.15, 0.2) is 11.4 Å². The molecular formula is C12H17NO4S. The van der Waals surface area contributed by atoms with Crippen molar-refractivity contribution in [2.75, 3.05) is 13.7 Å². The van der Waals surface area contributed by atoms with Gasteiger partial charge >= 0.3 is 5.97 Å². The monoisotopic (exact) mass is 271 g/mol. The fourth-order valence-corrected chi connectivity index (χ4v) is 2.45. The molecule has 1 unspecified atom stereocenters. The van der Waals surface area contributed by atoms with Crippen LogP contribution >= 0.6 is 11.3 Å². The van der Waals surface area contributed by atoms with E-state index in [2.05, 4.69) is 5.32 Å². The van der Waals surface area contributed by atoms with Crippen molar-refractivity contribution in [3.8, 4) is 0 Å². The second kappa shape index (κ2) is 5.97. The number of thiophene rings is 1. The van der Waals surface area contributed by atoms with Crippen LogP contribution in [0.1, 0.15) is 29.1 Å². The number of amides is 1. The lowest BCUT2D eigenvalue weighted by molar-refractivity contribution is -0.145. The summed E-state index contributed by atoms with van der Waals surface area (Å²) < 4.78 is 4.85. The quantitative estimate of drug-likeness (QED) is 0.822. The van der Waals surface area contributed by atoms with E-state index in [1.165, 1.54) is 25.4 Å². The van der Waals surface area contributed by atoms with Crippen LogP contribution in [0.5, 0.6) is 0 Å². The molecule has 1 rings (SSSR count). The Hall–Kier alpha value is -1.40. The SMILES string of the molecule is CCc1ccsc1C(=O)NC(C)(COC)C(=O)O. The highest BCUT2D eigenvalue weighted by Gasteiger charge is 2.35. The zero-order valence-electron chi connectivity index (χ0n) is 10.6. The maximum absolute atomic E-state index is 12.1. The third-order valence-electron chi connectivity index (χ3n) is 2.63. The lowest BCUT2D eigenvalue weighted by Crippen LogP contribution is -2.55. The Balaban J connectivity index is 2.89. The molecule has 0 aliphatic carbocycles. The van der Waals surface area contributed by atoms with Crippen LogP contribution < -0.4 is 5.32 Å². The first-order valence-electron chi connectivity index (χ1n) is 5.55. The molecule has 0 aromatic carbocycles. The first-order valence-corrected chi connectivity index (χ1v) is 6.43. The van der Waals surface area contributed by atoms with Crippen LogP contribution in [0.4, 0.5) is 0 Å². The molecule has 0 fully saturated rings. The molecule has 0 saturated carbocycles. The summed E-state index contributed by atoms with van der Waals surface area (Å²) in [5.74, 6) is -1.49. The van der Waals surface area contributed by atoms with E-state index < -0.39 is 11.5 Å². The van der Waals surface area contributed by atoms with Gasteiger partial charge < -0.3 is 15.2 Å². The Morgan fingerprint density at radius 1 is 1.56 bits per heavy atom. The molecule has 1 aromatic heterocycles. The highest BCUT2D eigenvalue weighted by Crippen LogP contribution is 2.18. The average Bonchev–Trinajstić information content (AvgIpc) is 2.76. The minimum Gasteiger partial charge on any atom is -0.479 e. The van der Waals surface area contributed by atoms with E-state index in [1.807, 2.05) is 18.4 Å². The number of rotatable bonds is 6. The van der Waals surface area contributed by atoms with E-state index in [-0.39, 0.29) is 12.5 Å². The highest BCUT2D eigenvalue weighted by atomic mass is 32.1. The molecule has 1 atom stereocenters. The maximum atomic E-state index is 12.1. The molecule has 1 amide bonds. The molecule has 1 heterocycles. The summed E-state index contributed by atoms with van der Waals surface area (Å²) in [4.78, 5) is 23.8. The zero-order chi connectivity index (χ0) is 13.8. The van der Waals surface area contributed by atoms with E-state index in [0.717, 1.165) is 12.0 Å². The molecule has 0 saturated heterocycles. The lowest BCUT2D eigenvalue weighted by Gasteiger charge is -2.25. The number of hydrogen-bond donors (Lipinski definition) is 2. The van der Waals surface area contributed by atoms with Crippen LogP contribution in [0.2, 0.25) is 0 Å². The number of carboxylic acids is 1.